The van der Waals surface area contributed by atoms with Crippen LogP contribution in [0.3, 0.4) is 0 Å². The number of fused-ring (bicyclic) bond motifs is 1. The number of methoxy groups -OCH3 is 1. The lowest BCUT2D eigenvalue weighted by atomic mass is 9.88. The van der Waals surface area contributed by atoms with E-state index in [0.29, 0.717) is 31.9 Å². The molecule has 0 aromatic carbocycles. The Morgan fingerprint density at radius 1 is 1.38 bits per heavy atom. The molecule has 0 spiro atoms. The highest BCUT2D eigenvalue weighted by Gasteiger charge is 2.38. The largest absolute Gasteiger partial charge is 0.383 e. The number of nitrogens with zero attached hydrogens (tertiary/aromatic N) is 3. The molecular formula is C20H29N3O3. The van der Waals surface area contributed by atoms with Crippen molar-refractivity contribution in [3.63, 3.8) is 0 Å². The van der Waals surface area contributed by atoms with Gasteiger partial charge in [0.25, 0.3) is 0 Å². The number of hydrogen-bond acceptors (Lipinski definition) is 4. The van der Waals surface area contributed by atoms with Crippen LogP contribution in [0, 0.1) is 5.92 Å². The third-order valence-electron chi connectivity index (χ3n) is 5.62. The second-order valence-corrected chi connectivity index (χ2v) is 7.29. The first-order chi connectivity index (χ1) is 12.7. The Bertz CT molecular complexity index is 608. The normalized spacial score (nSPS) is 23.5. The summed E-state index contributed by atoms with van der Waals surface area (Å²) in [4.78, 5) is 33.2. The first kappa shape index (κ1) is 18.8. The minimum absolute atomic E-state index is 0.214. The molecule has 0 radical (unpaired) electrons. The molecule has 0 bridgehead atoms. The molecule has 26 heavy (non-hydrogen) atoms. The summed E-state index contributed by atoms with van der Waals surface area (Å²) in [7, 11) is 1.67. The lowest BCUT2D eigenvalue weighted by Gasteiger charge is -2.42. The van der Waals surface area contributed by atoms with Crippen LogP contribution in [0.25, 0.3) is 0 Å². The molecule has 0 saturated carbocycles. The number of piperidine rings is 1. The predicted molar refractivity (Wildman–Crippen MR) is 98.5 cm³/mol. The molecule has 2 atom stereocenters. The van der Waals surface area contributed by atoms with E-state index >= 15 is 0 Å². The van der Waals surface area contributed by atoms with E-state index in [-0.39, 0.29) is 17.9 Å². The van der Waals surface area contributed by atoms with Gasteiger partial charge in [0.2, 0.25) is 11.8 Å². The van der Waals surface area contributed by atoms with Gasteiger partial charge in [-0.25, -0.2) is 0 Å². The highest BCUT2D eigenvalue weighted by atomic mass is 16.5. The maximum atomic E-state index is 12.7. The van der Waals surface area contributed by atoms with E-state index in [9.17, 15) is 9.59 Å². The van der Waals surface area contributed by atoms with Crippen molar-refractivity contribution in [3.05, 3.63) is 30.1 Å². The van der Waals surface area contributed by atoms with Gasteiger partial charge in [0.15, 0.2) is 0 Å². The number of aromatic nitrogens is 1. The van der Waals surface area contributed by atoms with Gasteiger partial charge < -0.3 is 14.5 Å². The van der Waals surface area contributed by atoms with Gasteiger partial charge in [-0.3, -0.25) is 14.6 Å². The lowest BCUT2D eigenvalue weighted by molar-refractivity contribution is -0.138. The molecule has 2 aliphatic rings. The van der Waals surface area contributed by atoms with Crippen LogP contribution in [0.2, 0.25) is 0 Å². The Morgan fingerprint density at radius 3 is 3.04 bits per heavy atom. The molecule has 3 rings (SSSR count). The van der Waals surface area contributed by atoms with Crippen molar-refractivity contribution in [1.29, 1.82) is 0 Å². The predicted octanol–water partition coefficient (Wildman–Crippen LogP) is 1.89. The van der Waals surface area contributed by atoms with Gasteiger partial charge in [0.05, 0.1) is 6.61 Å². The van der Waals surface area contributed by atoms with Gasteiger partial charge in [-0.15, -0.1) is 0 Å². The summed E-state index contributed by atoms with van der Waals surface area (Å²) in [6, 6.07) is 4.17. The second-order valence-electron chi connectivity index (χ2n) is 7.29. The number of likely N-dealkylation sites (tertiary alicyclic amines) is 2. The summed E-state index contributed by atoms with van der Waals surface area (Å²) in [5, 5.41) is 0. The number of amides is 2. The fourth-order valence-corrected chi connectivity index (χ4v) is 4.22. The SMILES string of the molecule is COCCN1C(=O)CCC[C@H]2CN(C(=O)CCc3cccnc3)CC[C@H]21. The number of carbonyl (C=O) groups excluding carboxylic acids is 2. The number of aryl methyl sites for hydroxylation is 1. The molecular weight excluding hydrogens is 330 g/mol. The zero-order valence-corrected chi connectivity index (χ0v) is 15.6. The third kappa shape index (κ3) is 4.61. The Kier molecular flexibility index (Phi) is 6.61. The molecule has 2 aliphatic heterocycles. The molecule has 1 aromatic heterocycles. The van der Waals surface area contributed by atoms with Crippen molar-refractivity contribution in [1.82, 2.24) is 14.8 Å². The quantitative estimate of drug-likeness (QED) is 0.778. The van der Waals surface area contributed by atoms with Gasteiger partial charge in [-0.1, -0.05) is 6.07 Å². The van der Waals surface area contributed by atoms with Crippen LogP contribution in [0.4, 0.5) is 0 Å². The van der Waals surface area contributed by atoms with E-state index in [1.54, 1.807) is 13.3 Å². The van der Waals surface area contributed by atoms with Crippen LogP contribution >= 0.6 is 0 Å². The Morgan fingerprint density at radius 2 is 2.27 bits per heavy atom. The standard InChI is InChI=1S/C20H29N3O3/c1-26-13-12-23-18-9-11-22(15-17(18)5-2-6-20(23)25)19(24)8-7-16-4-3-10-21-14-16/h3-4,10,14,17-18H,2,5-9,11-13,15H2,1H3/t17-,18+/m0/s1. The average molecular weight is 359 g/mol. The van der Waals surface area contributed by atoms with E-state index in [0.717, 1.165) is 44.3 Å². The van der Waals surface area contributed by atoms with Crippen LogP contribution in [0.5, 0.6) is 0 Å². The van der Waals surface area contributed by atoms with Crippen molar-refractivity contribution in [3.8, 4) is 0 Å². The van der Waals surface area contributed by atoms with Crippen LogP contribution in [-0.2, 0) is 20.7 Å². The molecule has 0 aliphatic carbocycles. The van der Waals surface area contributed by atoms with Crippen LogP contribution < -0.4 is 0 Å². The molecule has 0 unspecified atom stereocenters. The zero-order valence-electron chi connectivity index (χ0n) is 15.6. The van der Waals surface area contributed by atoms with Crippen molar-refractivity contribution < 1.29 is 14.3 Å². The number of carbonyl (C=O) groups is 2. The number of rotatable bonds is 6. The van der Waals surface area contributed by atoms with Gasteiger partial charge in [-0.2, -0.15) is 0 Å². The molecule has 2 fully saturated rings. The first-order valence-corrected chi connectivity index (χ1v) is 9.64. The Labute approximate surface area is 155 Å². The fraction of sp³-hybridized carbons (Fsp3) is 0.650. The van der Waals surface area contributed by atoms with Crippen molar-refractivity contribution in [2.45, 2.75) is 44.6 Å². The smallest absolute Gasteiger partial charge is 0.222 e. The summed E-state index contributed by atoms with van der Waals surface area (Å²) in [6.07, 6.45) is 8.26. The molecule has 1 aromatic rings. The number of hydrogen-bond donors (Lipinski definition) is 0. The maximum Gasteiger partial charge on any atom is 0.222 e. The number of ether oxygens (including phenoxy) is 1. The molecule has 142 valence electrons. The summed E-state index contributed by atoms with van der Waals surface area (Å²) in [5.41, 5.74) is 1.10. The van der Waals surface area contributed by atoms with Crippen LogP contribution in [0.15, 0.2) is 24.5 Å². The molecule has 2 amide bonds. The second kappa shape index (κ2) is 9.12. The minimum atomic E-state index is 0.214. The van der Waals surface area contributed by atoms with Gasteiger partial charge in [0.1, 0.15) is 0 Å². The average Bonchev–Trinajstić information content (AvgIpc) is 2.83. The first-order valence-electron chi connectivity index (χ1n) is 9.64. The Hall–Kier alpha value is -1.95. The van der Waals surface area contributed by atoms with Crippen LogP contribution in [0.1, 0.15) is 37.7 Å². The number of pyridine rings is 1. The summed E-state index contributed by atoms with van der Waals surface area (Å²) in [6.45, 7) is 2.74. The van der Waals surface area contributed by atoms with E-state index in [4.69, 9.17) is 4.74 Å². The van der Waals surface area contributed by atoms with E-state index in [1.165, 1.54) is 0 Å². The Balaban J connectivity index is 1.57. The fourth-order valence-electron chi connectivity index (χ4n) is 4.22. The highest BCUT2D eigenvalue weighted by molar-refractivity contribution is 5.78. The molecule has 0 N–H and O–H groups in total. The molecule has 3 heterocycles. The molecule has 2 saturated heterocycles. The summed E-state index contributed by atoms with van der Waals surface area (Å²) >= 11 is 0. The van der Waals surface area contributed by atoms with Gasteiger partial charge >= 0.3 is 0 Å². The lowest BCUT2D eigenvalue weighted by Crippen LogP contribution is -2.53. The van der Waals surface area contributed by atoms with Gasteiger partial charge in [-0.05, 0) is 43.2 Å². The van der Waals surface area contributed by atoms with E-state index in [1.807, 2.05) is 28.1 Å². The van der Waals surface area contributed by atoms with E-state index < -0.39 is 0 Å². The minimum Gasteiger partial charge on any atom is -0.383 e. The summed E-state index contributed by atoms with van der Waals surface area (Å²) in [5.74, 6) is 0.839. The van der Waals surface area contributed by atoms with E-state index in [2.05, 4.69) is 4.98 Å². The topological polar surface area (TPSA) is 62.7 Å². The summed E-state index contributed by atoms with van der Waals surface area (Å²) < 4.78 is 5.18. The third-order valence-corrected chi connectivity index (χ3v) is 5.62. The highest BCUT2D eigenvalue weighted by Crippen LogP contribution is 2.30. The van der Waals surface area contributed by atoms with Crippen molar-refractivity contribution >= 4 is 11.8 Å². The maximum absolute atomic E-state index is 12.7. The zero-order chi connectivity index (χ0) is 18.4. The van der Waals surface area contributed by atoms with Crippen molar-refractivity contribution in [2.24, 2.45) is 5.92 Å². The monoisotopic (exact) mass is 359 g/mol. The van der Waals surface area contributed by atoms with Crippen molar-refractivity contribution in [2.75, 3.05) is 33.4 Å². The molecule has 6 heteroatoms. The van der Waals surface area contributed by atoms with Gasteiger partial charge in [0, 0.05) is 58.0 Å². The van der Waals surface area contributed by atoms with Crippen LogP contribution in [-0.4, -0.2) is 66.0 Å². The molecule has 6 nitrogen and oxygen atoms in total.